The maximum absolute atomic E-state index is 13.0. The Bertz CT molecular complexity index is 1200. The van der Waals surface area contributed by atoms with Gasteiger partial charge < -0.3 is 10.8 Å². The normalized spacial score (nSPS) is 19.5. The van der Waals surface area contributed by atoms with Gasteiger partial charge in [-0.15, -0.1) is 11.3 Å². The Morgan fingerprint density at radius 1 is 1.13 bits per heavy atom. The molecule has 4 N–H and O–H groups in total. The highest BCUT2D eigenvalue weighted by Gasteiger charge is 2.25. The summed E-state index contributed by atoms with van der Waals surface area (Å²) in [5.74, 6) is 0.386. The molecule has 9 heteroatoms. The van der Waals surface area contributed by atoms with E-state index in [1.54, 1.807) is 24.4 Å². The van der Waals surface area contributed by atoms with Crippen LogP contribution >= 0.6 is 11.3 Å². The number of pyridine rings is 1. The van der Waals surface area contributed by atoms with E-state index in [1.165, 1.54) is 11.3 Å². The van der Waals surface area contributed by atoms with Gasteiger partial charge in [0.1, 0.15) is 5.82 Å². The molecule has 1 aliphatic carbocycles. The van der Waals surface area contributed by atoms with Crippen LogP contribution in [0, 0.1) is 13.8 Å². The summed E-state index contributed by atoms with van der Waals surface area (Å²) in [6.45, 7) is 3.87. The molecule has 1 aromatic carbocycles. The number of nitrogens with two attached hydrogens (primary N) is 1. The maximum atomic E-state index is 13.0. The third-order valence-corrected chi connectivity index (χ3v) is 7.95. The highest BCUT2D eigenvalue weighted by Crippen LogP contribution is 2.33. The van der Waals surface area contributed by atoms with Crippen molar-refractivity contribution in [3.05, 3.63) is 46.4 Å². The number of rotatable bonds is 5. The van der Waals surface area contributed by atoms with E-state index >= 15 is 0 Å². The van der Waals surface area contributed by atoms with Gasteiger partial charge in [0.05, 0.1) is 21.7 Å². The third-order valence-electron chi connectivity index (χ3n) is 5.66. The molecule has 1 fully saturated rings. The number of anilines is 1. The number of nitrogens with zero attached hydrogens (tertiary/aromatic N) is 2. The Labute approximate surface area is 186 Å². The van der Waals surface area contributed by atoms with Gasteiger partial charge in [0.2, 0.25) is 10.0 Å². The Morgan fingerprint density at radius 2 is 1.87 bits per heavy atom. The second-order valence-corrected chi connectivity index (χ2v) is 10.8. The van der Waals surface area contributed by atoms with E-state index in [0.29, 0.717) is 31.5 Å². The van der Waals surface area contributed by atoms with E-state index in [1.807, 2.05) is 25.3 Å². The van der Waals surface area contributed by atoms with Gasteiger partial charge in [-0.3, -0.25) is 0 Å². The van der Waals surface area contributed by atoms with Gasteiger partial charge >= 0.3 is 0 Å². The average Bonchev–Trinajstić information content (AvgIpc) is 3.16. The summed E-state index contributed by atoms with van der Waals surface area (Å²) in [6.07, 6.45) is 3.83. The number of aliphatic hydroxyl groups is 1. The van der Waals surface area contributed by atoms with Gasteiger partial charge in [-0.1, -0.05) is 6.07 Å². The molecule has 0 bridgehead atoms. The molecule has 0 amide bonds. The lowest BCUT2D eigenvalue weighted by molar-refractivity contribution is 0.120. The fraction of sp³-hybridized carbons (Fsp3) is 0.364. The molecule has 7 nitrogen and oxygen atoms in total. The van der Waals surface area contributed by atoms with Crippen LogP contribution in [0.4, 0.5) is 5.82 Å². The van der Waals surface area contributed by atoms with Crippen molar-refractivity contribution in [2.75, 3.05) is 5.73 Å². The van der Waals surface area contributed by atoms with Crippen molar-refractivity contribution in [1.29, 1.82) is 0 Å². The fourth-order valence-corrected chi connectivity index (χ4v) is 5.82. The summed E-state index contributed by atoms with van der Waals surface area (Å²) in [5, 5.41) is 12.5. The molecule has 2 aromatic heterocycles. The molecule has 4 rings (SSSR count). The van der Waals surface area contributed by atoms with E-state index in [9.17, 15) is 13.5 Å². The zero-order valence-electron chi connectivity index (χ0n) is 17.5. The first-order chi connectivity index (χ1) is 14.7. The van der Waals surface area contributed by atoms with Crippen LogP contribution in [0.15, 0.2) is 40.7 Å². The van der Waals surface area contributed by atoms with E-state index in [-0.39, 0.29) is 17.0 Å². The number of aliphatic hydroxyl groups excluding tert-OH is 1. The van der Waals surface area contributed by atoms with Crippen molar-refractivity contribution in [2.45, 2.75) is 56.6 Å². The number of nitrogen functional groups attached to an aromatic ring is 1. The molecule has 0 spiro atoms. The average molecular weight is 459 g/mol. The van der Waals surface area contributed by atoms with Gasteiger partial charge in [0.25, 0.3) is 0 Å². The lowest BCUT2D eigenvalue weighted by Gasteiger charge is -2.26. The molecule has 164 valence electrons. The van der Waals surface area contributed by atoms with Crippen molar-refractivity contribution < 1.29 is 13.5 Å². The van der Waals surface area contributed by atoms with Crippen LogP contribution in [0.25, 0.3) is 22.4 Å². The summed E-state index contributed by atoms with van der Waals surface area (Å²) in [4.78, 5) is 9.04. The summed E-state index contributed by atoms with van der Waals surface area (Å²) >= 11 is 1.54. The zero-order chi connectivity index (χ0) is 22.2. The first kappa shape index (κ1) is 21.9. The Balaban J connectivity index is 1.67. The third kappa shape index (κ3) is 4.79. The van der Waals surface area contributed by atoms with Crippen LogP contribution < -0.4 is 10.5 Å². The van der Waals surface area contributed by atoms with Crippen LogP contribution in [0.5, 0.6) is 0 Å². The first-order valence-corrected chi connectivity index (χ1v) is 12.6. The van der Waals surface area contributed by atoms with Gasteiger partial charge in [-0.05, 0) is 68.9 Å². The standard InChI is InChI=1S/C22H26N4O3S2/c1-13-3-8-18(31(28,29)26-16-4-6-17(27)7-5-16)10-19(13)15-9-20(22(23)24-11-15)21-12-30-14(2)25-21/h3,8-12,16-17,26-27H,4-7H2,1-2H3,(H2,23,24)/t16-,17-. The zero-order valence-corrected chi connectivity index (χ0v) is 19.1. The molecule has 0 unspecified atom stereocenters. The van der Waals surface area contributed by atoms with E-state index in [4.69, 9.17) is 5.73 Å². The summed E-state index contributed by atoms with van der Waals surface area (Å²) < 4.78 is 28.8. The van der Waals surface area contributed by atoms with Crippen LogP contribution in [-0.2, 0) is 10.0 Å². The molecule has 31 heavy (non-hydrogen) atoms. The van der Waals surface area contributed by atoms with Crippen LogP contribution in [-0.4, -0.2) is 35.6 Å². The molecular weight excluding hydrogens is 432 g/mol. The van der Waals surface area contributed by atoms with Crippen molar-refractivity contribution in [1.82, 2.24) is 14.7 Å². The van der Waals surface area contributed by atoms with E-state index in [0.717, 1.165) is 33.0 Å². The van der Waals surface area contributed by atoms with E-state index in [2.05, 4.69) is 14.7 Å². The van der Waals surface area contributed by atoms with Crippen molar-refractivity contribution in [3.8, 4) is 22.4 Å². The summed E-state index contributed by atoms with van der Waals surface area (Å²) in [5.41, 5.74) is 10.1. The quantitative estimate of drug-likeness (QED) is 0.537. The van der Waals surface area contributed by atoms with Crippen LogP contribution in [0.3, 0.4) is 0 Å². The van der Waals surface area contributed by atoms with Gasteiger partial charge in [-0.25, -0.2) is 23.1 Å². The van der Waals surface area contributed by atoms with Gasteiger partial charge in [-0.2, -0.15) is 0 Å². The van der Waals surface area contributed by atoms with Crippen LogP contribution in [0.1, 0.15) is 36.3 Å². The largest absolute Gasteiger partial charge is 0.393 e. The molecule has 0 radical (unpaired) electrons. The smallest absolute Gasteiger partial charge is 0.240 e. The molecule has 0 saturated heterocycles. The Kier molecular flexibility index (Phi) is 6.11. The van der Waals surface area contributed by atoms with Gasteiger partial charge in [0, 0.05) is 28.7 Å². The molecule has 1 aliphatic rings. The number of aryl methyl sites for hydroxylation is 2. The fourth-order valence-electron chi connectivity index (χ4n) is 3.88. The number of aromatic nitrogens is 2. The topological polar surface area (TPSA) is 118 Å². The highest BCUT2D eigenvalue weighted by molar-refractivity contribution is 7.89. The second kappa shape index (κ2) is 8.66. The van der Waals surface area contributed by atoms with Crippen molar-refractivity contribution in [2.24, 2.45) is 0 Å². The Morgan fingerprint density at radius 3 is 2.55 bits per heavy atom. The minimum Gasteiger partial charge on any atom is -0.393 e. The van der Waals surface area contributed by atoms with Crippen molar-refractivity contribution in [3.63, 3.8) is 0 Å². The predicted octanol–water partition coefficient (Wildman–Crippen LogP) is 3.65. The lowest BCUT2D eigenvalue weighted by Crippen LogP contribution is -2.38. The summed E-state index contributed by atoms with van der Waals surface area (Å²) in [6, 6.07) is 6.85. The number of thiazole rings is 1. The predicted molar refractivity (Wildman–Crippen MR) is 123 cm³/mol. The maximum Gasteiger partial charge on any atom is 0.240 e. The number of hydrogen-bond acceptors (Lipinski definition) is 7. The number of sulfonamides is 1. The molecule has 0 aliphatic heterocycles. The monoisotopic (exact) mass is 458 g/mol. The van der Waals surface area contributed by atoms with Crippen LogP contribution in [0.2, 0.25) is 0 Å². The first-order valence-electron chi connectivity index (χ1n) is 10.2. The second-order valence-electron chi connectivity index (χ2n) is 8.01. The summed E-state index contributed by atoms with van der Waals surface area (Å²) in [7, 11) is -3.68. The minimum absolute atomic E-state index is 0.157. The molecular formula is C22H26N4O3S2. The SMILES string of the molecule is Cc1nc(-c2cc(-c3cc(S(=O)(=O)N[C@H]4CC[C@H](O)CC4)ccc3C)cnc2N)cs1. The molecule has 2 heterocycles. The molecule has 0 atom stereocenters. The lowest BCUT2D eigenvalue weighted by atomic mass is 9.94. The number of hydrogen-bond donors (Lipinski definition) is 3. The highest BCUT2D eigenvalue weighted by atomic mass is 32.2. The number of nitrogens with one attached hydrogen (secondary N) is 1. The minimum atomic E-state index is -3.68. The van der Waals surface area contributed by atoms with Gasteiger partial charge in [0.15, 0.2) is 0 Å². The number of benzene rings is 1. The van der Waals surface area contributed by atoms with Crippen molar-refractivity contribution >= 4 is 27.2 Å². The molecule has 3 aromatic rings. The Hall–Kier alpha value is -2.33. The van der Waals surface area contributed by atoms with E-state index < -0.39 is 10.0 Å². The molecule has 1 saturated carbocycles.